The molecule has 0 atom stereocenters. The van der Waals surface area contributed by atoms with Gasteiger partial charge in [-0.2, -0.15) is 0 Å². The average molecular weight is 370 g/mol. The van der Waals surface area contributed by atoms with Crippen LogP contribution in [0, 0.1) is 0 Å². The molecule has 0 unspecified atom stereocenters. The Balaban J connectivity index is 1.28. The predicted molar refractivity (Wildman–Crippen MR) is 106 cm³/mol. The molecule has 1 aromatic carbocycles. The lowest BCUT2D eigenvalue weighted by molar-refractivity contribution is 0.171. The number of nitrogens with one attached hydrogen (secondary N) is 3. The van der Waals surface area contributed by atoms with Gasteiger partial charge in [-0.15, -0.1) is 0 Å². The fourth-order valence-corrected chi connectivity index (χ4v) is 3.33. The number of anilines is 2. The first-order valence-corrected chi connectivity index (χ1v) is 9.36. The minimum absolute atomic E-state index is 0.571. The second-order valence-corrected chi connectivity index (χ2v) is 6.74. The summed E-state index contributed by atoms with van der Waals surface area (Å²) in [6, 6.07) is 10.0. The van der Waals surface area contributed by atoms with E-state index in [1.165, 1.54) is 12.0 Å². The number of hydrogen-bond acceptors (Lipinski definition) is 5. The predicted octanol–water partition coefficient (Wildman–Crippen LogP) is 2.74. The molecule has 0 fully saturated rings. The van der Waals surface area contributed by atoms with Crippen LogP contribution in [0.4, 0.5) is 11.5 Å². The summed E-state index contributed by atoms with van der Waals surface area (Å²) in [4.78, 5) is 4.70. The molecule has 3 heterocycles. The summed E-state index contributed by atoms with van der Waals surface area (Å²) in [6.07, 6.45) is 3.10. The van der Waals surface area contributed by atoms with Crippen LogP contribution in [0.25, 0.3) is 0 Å². The Bertz CT molecular complexity index is 812. The molecule has 2 aromatic rings. The van der Waals surface area contributed by atoms with Crippen LogP contribution in [0.15, 0.2) is 30.3 Å². The monoisotopic (exact) mass is 370 g/mol. The van der Waals surface area contributed by atoms with Crippen LogP contribution < -0.4 is 25.4 Å². The lowest BCUT2D eigenvalue weighted by Gasteiger charge is -2.19. The third kappa shape index (κ3) is 3.99. The van der Waals surface area contributed by atoms with Gasteiger partial charge in [0.25, 0.3) is 0 Å². The second kappa shape index (κ2) is 7.78. The second-order valence-electron chi connectivity index (χ2n) is 6.33. The molecule has 0 amide bonds. The van der Waals surface area contributed by atoms with Crippen LogP contribution in [0.3, 0.4) is 0 Å². The Morgan fingerprint density at radius 3 is 2.96 bits per heavy atom. The molecular weight excluding hydrogens is 348 g/mol. The zero-order valence-electron chi connectivity index (χ0n) is 14.5. The van der Waals surface area contributed by atoms with Gasteiger partial charge in [-0.1, -0.05) is 6.07 Å². The number of pyridine rings is 1. The molecule has 136 valence electrons. The largest absolute Gasteiger partial charge is 0.486 e. The standard InChI is InChI=1S/C19H22N4O2S/c26-19(23-15-5-6-16-17(12-15)25-11-10-24-16)21-9-7-14-4-3-13-2-1-8-20-18(13)22-14/h3-6,12H,1-2,7-11H2,(H,20,22)(H2,21,23,26). The van der Waals surface area contributed by atoms with Crippen molar-refractivity contribution in [2.45, 2.75) is 19.3 Å². The van der Waals surface area contributed by atoms with Crippen molar-refractivity contribution >= 4 is 28.8 Å². The third-order valence-electron chi connectivity index (χ3n) is 4.42. The van der Waals surface area contributed by atoms with Gasteiger partial charge in [-0.25, -0.2) is 4.98 Å². The van der Waals surface area contributed by atoms with Gasteiger partial charge in [0.1, 0.15) is 19.0 Å². The van der Waals surface area contributed by atoms with Crippen molar-refractivity contribution in [2.24, 2.45) is 0 Å². The van der Waals surface area contributed by atoms with E-state index in [4.69, 9.17) is 26.7 Å². The summed E-state index contributed by atoms with van der Waals surface area (Å²) < 4.78 is 11.1. The van der Waals surface area contributed by atoms with Crippen molar-refractivity contribution in [1.29, 1.82) is 0 Å². The van der Waals surface area contributed by atoms with Gasteiger partial charge in [-0.05, 0) is 48.8 Å². The van der Waals surface area contributed by atoms with Crippen molar-refractivity contribution in [3.8, 4) is 11.5 Å². The SMILES string of the molecule is S=C(NCCc1ccc2c(n1)NCCC2)Nc1ccc2c(c1)OCCO2. The van der Waals surface area contributed by atoms with Crippen LogP contribution in [-0.4, -0.2) is 36.4 Å². The van der Waals surface area contributed by atoms with Gasteiger partial charge < -0.3 is 25.4 Å². The molecule has 26 heavy (non-hydrogen) atoms. The van der Waals surface area contributed by atoms with Crippen LogP contribution in [0.2, 0.25) is 0 Å². The maximum Gasteiger partial charge on any atom is 0.170 e. The van der Waals surface area contributed by atoms with Crippen LogP contribution in [0.5, 0.6) is 11.5 Å². The number of fused-ring (bicyclic) bond motifs is 2. The summed E-state index contributed by atoms with van der Waals surface area (Å²) in [5.74, 6) is 2.55. The molecule has 0 spiro atoms. The van der Waals surface area contributed by atoms with Gasteiger partial charge in [-0.3, -0.25) is 0 Å². The number of aromatic nitrogens is 1. The minimum atomic E-state index is 0.571. The summed E-state index contributed by atoms with van der Waals surface area (Å²) >= 11 is 5.38. The lowest BCUT2D eigenvalue weighted by atomic mass is 10.1. The van der Waals surface area contributed by atoms with Crippen molar-refractivity contribution < 1.29 is 9.47 Å². The molecule has 2 aliphatic rings. The average Bonchev–Trinajstić information content (AvgIpc) is 2.68. The Hall–Kier alpha value is -2.54. The van der Waals surface area contributed by atoms with E-state index < -0.39 is 0 Å². The molecule has 4 rings (SSSR count). The van der Waals surface area contributed by atoms with E-state index in [1.807, 2.05) is 18.2 Å². The molecule has 6 nitrogen and oxygen atoms in total. The number of benzene rings is 1. The number of rotatable bonds is 4. The first kappa shape index (κ1) is 16.9. The zero-order valence-corrected chi connectivity index (χ0v) is 15.3. The van der Waals surface area contributed by atoms with Gasteiger partial charge >= 0.3 is 0 Å². The van der Waals surface area contributed by atoms with Crippen LogP contribution in [-0.2, 0) is 12.8 Å². The van der Waals surface area contributed by atoms with Gasteiger partial charge in [0.2, 0.25) is 0 Å². The maximum absolute atomic E-state index is 5.59. The molecule has 7 heteroatoms. The third-order valence-corrected chi connectivity index (χ3v) is 4.66. The number of hydrogen-bond donors (Lipinski definition) is 3. The highest BCUT2D eigenvalue weighted by Crippen LogP contribution is 2.32. The Kier molecular flexibility index (Phi) is 5.06. The Labute approximate surface area is 158 Å². The summed E-state index contributed by atoms with van der Waals surface area (Å²) in [5.41, 5.74) is 3.25. The number of thiocarbonyl (C=S) groups is 1. The van der Waals surface area contributed by atoms with Gasteiger partial charge in [0.15, 0.2) is 16.6 Å². The van der Waals surface area contributed by atoms with E-state index >= 15 is 0 Å². The highest BCUT2D eigenvalue weighted by atomic mass is 32.1. The Morgan fingerprint density at radius 2 is 2.04 bits per heavy atom. The molecule has 0 radical (unpaired) electrons. The fourth-order valence-electron chi connectivity index (χ4n) is 3.11. The molecule has 0 bridgehead atoms. The van der Waals surface area contributed by atoms with E-state index in [-0.39, 0.29) is 0 Å². The number of nitrogens with zero attached hydrogens (tertiary/aromatic N) is 1. The number of ether oxygens (including phenoxy) is 2. The summed E-state index contributed by atoms with van der Waals surface area (Å²) in [5, 5.41) is 10.4. The normalized spacial score (nSPS) is 14.8. The first-order chi connectivity index (χ1) is 12.8. The molecule has 3 N–H and O–H groups in total. The zero-order chi connectivity index (χ0) is 17.8. The topological polar surface area (TPSA) is 67.4 Å². The van der Waals surface area contributed by atoms with E-state index in [1.54, 1.807) is 0 Å². The number of aryl methyl sites for hydroxylation is 1. The van der Waals surface area contributed by atoms with E-state index in [2.05, 4.69) is 28.1 Å². The van der Waals surface area contributed by atoms with E-state index in [0.717, 1.165) is 54.6 Å². The molecule has 0 aliphatic carbocycles. The smallest absolute Gasteiger partial charge is 0.170 e. The van der Waals surface area contributed by atoms with Gasteiger partial charge in [0.05, 0.1) is 0 Å². The molecule has 1 aromatic heterocycles. The van der Waals surface area contributed by atoms with E-state index in [9.17, 15) is 0 Å². The first-order valence-electron chi connectivity index (χ1n) is 8.95. The van der Waals surface area contributed by atoms with Crippen LogP contribution >= 0.6 is 12.2 Å². The highest BCUT2D eigenvalue weighted by Gasteiger charge is 2.12. The van der Waals surface area contributed by atoms with Gasteiger partial charge in [0, 0.05) is 37.0 Å². The summed E-state index contributed by atoms with van der Waals surface area (Å²) in [7, 11) is 0. The van der Waals surface area contributed by atoms with Crippen LogP contribution in [0.1, 0.15) is 17.7 Å². The Morgan fingerprint density at radius 1 is 1.15 bits per heavy atom. The molecular formula is C19H22N4O2S. The molecule has 2 aliphatic heterocycles. The molecule has 0 saturated heterocycles. The highest BCUT2D eigenvalue weighted by molar-refractivity contribution is 7.80. The lowest BCUT2D eigenvalue weighted by Crippen LogP contribution is -2.30. The molecule has 0 saturated carbocycles. The van der Waals surface area contributed by atoms with Crippen molar-refractivity contribution in [1.82, 2.24) is 10.3 Å². The van der Waals surface area contributed by atoms with Crippen molar-refractivity contribution in [3.63, 3.8) is 0 Å². The fraction of sp³-hybridized carbons (Fsp3) is 0.368. The maximum atomic E-state index is 5.59. The van der Waals surface area contributed by atoms with E-state index in [0.29, 0.717) is 18.3 Å². The van der Waals surface area contributed by atoms with Crippen molar-refractivity contribution in [2.75, 3.05) is 36.9 Å². The van der Waals surface area contributed by atoms with Crippen molar-refractivity contribution in [3.05, 3.63) is 41.6 Å². The minimum Gasteiger partial charge on any atom is -0.486 e. The summed E-state index contributed by atoms with van der Waals surface area (Å²) in [6.45, 7) is 2.89. The quantitative estimate of drug-likeness (QED) is 0.715.